The molecule has 0 amide bonds. The Morgan fingerprint density at radius 1 is 1.06 bits per heavy atom. The monoisotopic (exact) mass is 438 g/mol. The first-order valence-corrected chi connectivity index (χ1v) is 12.0. The van der Waals surface area contributed by atoms with Crippen molar-refractivity contribution in [1.29, 1.82) is 0 Å². The van der Waals surface area contributed by atoms with Crippen LogP contribution in [0, 0.1) is 11.3 Å². The molecule has 0 bridgehead atoms. The van der Waals surface area contributed by atoms with Crippen molar-refractivity contribution < 1.29 is 14.3 Å². The third-order valence-electron chi connectivity index (χ3n) is 6.46. The van der Waals surface area contributed by atoms with Crippen LogP contribution < -0.4 is 4.90 Å². The van der Waals surface area contributed by atoms with Crippen molar-refractivity contribution in [2.75, 3.05) is 24.6 Å². The first-order chi connectivity index (χ1) is 15.2. The van der Waals surface area contributed by atoms with Gasteiger partial charge in [-0.05, 0) is 56.2 Å². The van der Waals surface area contributed by atoms with Gasteiger partial charge in [-0.3, -0.25) is 9.79 Å². The summed E-state index contributed by atoms with van der Waals surface area (Å²) >= 11 is 0. The van der Waals surface area contributed by atoms with Gasteiger partial charge in [0.1, 0.15) is 5.78 Å². The number of ketones is 1. The summed E-state index contributed by atoms with van der Waals surface area (Å²) in [7, 11) is 0. The minimum Gasteiger partial charge on any atom is -0.463 e. The fraction of sp³-hybridized carbons (Fsp3) is 0.593. The summed E-state index contributed by atoms with van der Waals surface area (Å²) in [4.78, 5) is 33.5. The van der Waals surface area contributed by atoms with Crippen LogP contribution in [0.1, 0.15) is 78.7 Å². The van der Waals surface area contributed by atoms with Gasteiger partial charge in [0, 0.05) is 42.5 Å². The molecular weight excluding hydrogens is 400 g/mol. The Labute approximate surface area is 192 Å². The predicted molar refractivity (Wildman–Crippen MR) is 130 cm³/mol. The lowest BCUT2D eigenvalue weighted by molar-refractivity contribution is -0.139. The summed E-state index contributed by atoms with van der Waals surface area (Å²) in [6, 6.07) is 8.42. The number of allylic oxidation sites excluding steroid dienone is 1. The van der Waals surface area contributed by atoms with Crippen molar-refractivity contribution in [3.8, 4) is 0 Å². The lowest BCUT2D eigenvalue weighted by Crippen LogP contribution is -2.44. The van der Waals surface area contributed by atoms with Crippen molar-refractivity contribution in [2.45, 2.75) is 73.1 Å². The highest BCUT2D eigenvalue weighted by Crippen LogP contribution is 2.47. The maximum Gasteiger partial charge on any atom is 0.336 e. The van der Waals surface area contributed by atoms with Crippen molar-refractivity contribution >= 4 is 23.2 Å². The molecule has 0 aromatic heterocycles. The number of benzene rings is 1. The smallest absolute Gasteiger partial charge is 0.336 e. The number of aliphatic imine (C=N–C) groups is 1. The van der Waals surface area contributed by atoms with E-state index in [9.17, 15) is 9.59 Å². The van der Waals surface area contributed by atoms with Gasteiger partial charge < -0.3 is 9.64 Å². The zero-order valence-electron chi connectivity index (χ0n) is 20.5. The number of Topliss-reactive ketones (excluding diaryl/α,β-unsaturated/α-hetero) is 1. The van der Waals surface area contributed by atoms with E-state index in [2.05, 4.69) is 56.9 Å². The molecule has 0 N–H and O–H groups in total. The first kappa shape index (κ1) is 24.2. The van der Waals surface area contributed by atoms with Crippen LogP contribution in [0.5, 0.6) is 0 Å². The second kappa shape index (κ2) is 10.0. The second-order valence-electron chi connectivity index (χ2n) is 9.84. The highest BCUT2D eigenvalue weighted by molar-refractivity contribution is 6.12. The number of fused-ring (bicyclic) bond motifs is 1. The molecule has 32 heavy (non-hydrogen) atoms. The Morgan fingerprint density at radius 3 is 2.25 bits per heavy atom. The molecule has 5 heteroatoms. The molecule has 1 heterocycles. The maximum atomic E-state index is 13.3. The Bertz CT molecular complexity index is 905. The summed E-state index contributed by atoms with van der Waals surface area (Å²) in [6.45, 7) is 14.6. The number of carbonyl (C=O) groups is 2. The van der Waals surface area contributed by atoms with Crippen LogP contribution in [0.4, 0.5) is 5.69 Å². The van der Waals surface area contributed by atoms with Crippen LogP contribution in [-0.2, 0) is 14.3 Å². The molecule has 1 unspecified atom stereocenters. The van der Waals surface area contributed by atoms with Gasteiger partial charge in [-0.1, -0.05) is 39.8 Å². The SMILES string of the molecule is CCCN(CCC)c1ccc([C@@H]2C(C(=O)OCC)=C(C)N=C3CC(C)(C)CC(=O)C32)cc1. The zero-order chi connectivity index (χ0) is 23.5. The molecule has 1 aromatic carbocycles. The van der Waals surface area contributed by atoms with Gasteiger partial charge in [0.15, 0.2) is 0 Å². The molecule has 2 atom stereocenters. The number of ether oxygens (including phenoxy) is 1. The van der Waals surface area contributed by atoms with Gasteiger partial charge in [0.25, 0.3) is 0 Å². The number of rotatable bonds is 8. The van der Waals surface area contributed by atoms with Gasteiger partial charge in [-0.15, -0.1) is 0 Å². The van der Waals surface area contributed by atoms with E-state index in [-0.39, 0.29) is 29.0 Å². The molecule has 0 radical (unpaired) electrons. The maximum absolute atomic E-state index is 13.3. The number of nitrogens with zero attached hydrogens (tertiary/aromatic N) is 2. The van der Waals surface area contributed by atoms with Crippen LogP contribution in [0.25, 0.3) is 0 Å². The van der Waals surface area contributed by atoms with Gasteiger partial charge in [-0.2, -0.15) is 0 Å². The van der Waals surface area contributed by atoms with Crippen LogP contribution >= 0.6 is 0 Å². The van der Waals surface area contributed by atoms with E-state index >= 15 is 0 Å². The first-order valence-electron chi connectivity index (χ1n) is 12.0. The average Bonchev–Trinajstić information content (AvgIpc) is 2.72. The number of anilines is 1. The van der Waals surface area contributed by atoms with Gasteiger partial charge in [0.05, 0.1) is 18.1 Å². The minimum atomic E-state index is -0.389. The molecule has 0 saturated heterocycles. The normalized spacial score (nSPS) is 22.3. The van der Waals surface area contributed by atoms with Crippen LogP contribution in [0.15, 0.2) is 40.5 Å². The van der Waals surface area contributed by atoms with Crippen LogP contribution in [0.3, 0.4) is 0 Å². The average molecular weight is 439 g/mol. The fourth-order valence-electron chi connectivity index (χ4n) is 5.23. The van der Waals surface area contributed by atoms with Gasteiger partial charge in [0.2, 0.25) is 0 Å². The Balaban J connectivity index is 2.05. The summed E-state index contributed by atoms with van der Waals surface area (Å²) in [6.07, 6.45) is 3.45. The number of carbonyl (C=O) groups excluding carboxylic acids is 2. The standard InChI is InChI=1S/C27H38N2O3/c1-7-14-29(15-8-2)20-12-10-19(11-13-20)24-23(26(31)32-9-3)18(4)28-21-16-27(5,6)17-22(30)25(21)24/h10-13,24-25H,7-9,14-17H2,1-6H3/t24-,25?/m1/s1. The fourth-order valence-corrected chi connectivity index (χ4v) is 5.23. The lowest BCUT2D eigenvalue weighted by Gasteiger charge is -2.41. The molecule has 1 aliphatic carbocycles. The third-order valence-corrected chi connectivity index (χ3v) is 6.46. The highest BCUT2D eigenvalue weighted by atomic mass is 16.5. The van der Waals surface area contributed by atoms with E-state index in [1.165, 1.54) is 5.69 Å². The largest absolute Gasteiger partial charge is 0.463 e. The predicted octanol–water partition coefficient (Wildman–Crippen LogP) is 5.69. The second-order valence-corrected chi connectivity index (χ2v) is 9.84. The molecule has 1 saturated carbocycles. The highest BCUT2D eigenvalue weighted by Gasteiger charge is 2.47. The van der Waals surface area contributed by atoms with E-state index < -0.39 is 0 Å². The number of hydrogen-bond donors (Lipinski definition) is 0. The number of esters is 1. The minimum absolute atomic E-state index is 0.108. The Morgan fingerprint density at radius 2 is 1.69 bits per heavy atom. The summed E-state index contributed by atoms with van der Waals surface area (Å²) in [5, 5.41) is 0. The molecule has 5 nitrogen and oxygen atoms in total. The molecule has 1 aromatic rings. The molecule has 1 aliphatic heterocycles. The van der Waals surface area contributed by atoms with Crippen molar-refractivity contribution in [2.24, 2.45) is 16.3 Å². The summed E-state index contributed by atoms with van der Waals surface area (Å²) in [5.74, 6) is -0.926. The topological polar surface area (TPSA) is 59.0 Å². The zero-order valence-corrected chi connectivity index (χ0v) is 20.5. The number of hydrogen-bond acceptors (Lipinski definition) is 5. The molecule has 3 rings (SSSR count). The quantitative estimate of drug-likeness (QED) is 0.489. The van der Waals surface area contributed by atoms with Gasteiger partial charge in [-0.25, -0.2) is 4.79 Å². The Kier molecular flexibility index (Phi) is 7.58. The summed E-state index contributed by atoms with van der Waals surface area (Å²) < 4.78 is 5.40. The van der Waals surface area contributed by atoms with E-state index in [1.807, 2.05) is 6.92 Å². The summed E-state index contributed by atoms with van der Waals surface area (Å²) in [5.41, 5.74) is 4.16. The molecule has 0 spiro atoms. The molecule has 2 aliphatic rings. The van der Waals surface area contributed by atoms with Crippen LogP contribution in [-0.4, -0.2) is 37.2 Å². The van der Waals surface area contributed by atoms with E-state index in [0.29, 0.717) is 24.3 Å². The van der Waals surface area contributed by atoms with E-state index in [0.717, 1.165) is 43.6 Å². The molecule has 1 fully saturated rings. The van der Waals surface area contributed by atoms with Crippen LogP contribution in [0.2, 0.25) is 0 Å². The van der Waals surface area contributed by atoms with Crippen molar-refractivity contribution in [3.05, 3.63) is 41.1 Å². The Hall–Kier alpha value is -2.43. The lowest BCUT2D eigenvalue weighted by atomic mass is 9.63. The van der Waals surface area contributed by atoms with E-state index in [4.69, 9.17) is 9.73 Å². The third kappa shape index (κ3) is 4.97. The van der Waals surface area contributed by atoms with Crippen molar-refractivity contribution in [3.63, 3.8) is 0 Å². The molecule has 174 valence electrons. The van der Waals surface area contributed by atoms with Gasteiger partial charge >= 0.3 is 5.97 Å². The van der Waals surface area contributed by atoms with E-state index in [1.54, 1.807) is 6.92 Å². The molecular formula is C27H38N2O3. The van der Waals surface area contributed by atoms with Crippen molar-refractivity contribution in [1.82, 2.24) is 0 Å².